The van der Waals surface area contributed by atoms with Gasteiger partial charge in [-0.05, 0) is 58.6 Å². The number of halogens is 2. The number of rotatable bonds is 1. The van der Waals surface area contributed by atoms with E-state index in [0.717, 1.165) is 35.0 Å². The Bertz CT molecular complexity index is 840. The van der Waals surface area contributed by atoms with E-state index in [-0.39, 0.29) is 17.1 Å². The SMILES string of the molecule is COc1cc(F)ccc1S.Nc1cc(Br)c2c(c1)C1(CCC1)C(=O)N2. The van der Waals surface area contributed by atoms with Crippen molar-refractivity contribution >= 4 is 45.8 Å². The van der Waals surface area contributed by atoms with Gasteiger partial charge in [0, 0.05) is 21.1 Å². The quantitative estimate of drug-likeness (QED) is 0.465. The first-order valence-electron chi connectivity index (χ1n) is 7.81. The second-order valence-corrected chi connectivity index (χ2v) is 7.47. The summed E-state index contributed by atoms with van der Waals surface area (Å²) >= 11 is 7.47. The standard InChI is InChI=1S/C11H11BrN2O.C7H7FOS/c12-8-5-6(13)4-7-9(8)14-10(15)11(7)2-1-3-11;1-9-6-4-5(8)2-3-7(6)10/h4-5H,1-3,13H2,(H,14,15);2-4,10H,1H3. The molecule has 4 rings (SSSR count). The molecule has 1 spiro atoms. The smallest absolute Gasteiger partial charge is 0.235 e. The zero-order valence-corrected chi connectivity index (χ0v) is 16.1. The van der Waals surface area contributed by atoms with Gasteiger partial charge < -0.3 is 15.8 Å². The predicted octanol–water partition coefficient (Wildman–Crippen LogP) is 4.53. The van der Waals surface area contributed by atoms with Crippen LogP contribution in [0.15, 0.2) is 39.7 Å². The maximum Gasteiger partial charge on any atom is 0.235 e. The number of nitrogen functional groups attached to an aromatic ring is 1. The van der Waals surface area contributed by atoms with E-state index < -0.39 is 0 Å². The van der Waals surface area contributed by atoms with Crippen molar-refractivity contribution in [2.75, 3.05) is 18.2 Å². The average molecular weight is 425 g/mol. The number of hydrogen-bond acceptors (Lipinski definition) is 4. The number of amides is 1. The fourth-order valence-corrected chi connectivity index (χ4v) is 3.97. The highest BCUT2D eigenvalue weighted by atomic mass is 79.9. The zero-order valence-electron chi connectivity index (χ0n) is 13.6. The lowest BCUT2D eigenvalue weighted by atomic mass is 9.65. The summed E-state index contributed by atoms with van der Waals surface area (Å²) in [7, 11) is 1.48. The Morgan fingerprint density at radius 1 is 1.32 bits per heavy atom. The Balaban J connectivity index is 0.000000160. The highest BCUT2D eigenvalue weighted by Gasteiger charge is 2.51. The number of thiol groups is 1. The Kier molecular flexibility index (Phi) is 4.97. The Morgan fingerprint density at radius 2 is 2.04 bits per heavy atom. The second kappa shape index (κ2) is 6.88. The number of nitrogens with two attached hydrogens (primary N) is 1. The van der Waals surface area contributed by atoms with E-state index >= 15 is 0 Å². The number of nitrogens with one attached hydrogen (secondary N) is 1. The minimum atomic E-state index is -0.311. The molecular formula is C18H18BrFN2O2S. The summed E-state index contributed by atoms with van der Waals surface area (Å²) in [5.41, 5.74) is 8.23. The second-order valence-electron chi connectivity index (χ2n) is 6.13. The minimum absolute atomic E-state index is 0.134. The number of carbonyl (C=O) groups is 1. The van der Waals surface area contributed by atoms with E-state index in [1.165, 1.54) is 19.2 Å². The molecule has 1 saturated carbocycles. The molecule has 25 heavy (non-hydrogen) atoms. The summed E-state index contributed by atoms with van der Waals surface area (Å²) in [6.07, 6.45) is 3.02. The van der Waals surface area contributed by atoms with E-state index in [4.69, 9.17) is 10.5 Å². The molecule has 7 heteroatoms. The van der Waals surface area contributed by atoms with Crippen molar-refractivity contribution < 1.29 is 13.9 Å². The normalized spacial score (nSPS) is 16.4. The number of hydrogen-bond donors (Lipinski definition) is 3. The lowest BCUT2D eigenvalue weighted by Crippen LogP contribution is -2.40. The van der Waals surface area contributed by atoms with Gasteiger partial charge in [-0.15, -0.1) is 12.6 Å². The minimum Gasteiger partial charge on any atom is -0.495 e. The van der Waals surface area contributed by atoms with Crippen molar-refractivity contribution in [3.05, 3.63) is 46.2 Å². The van der Waals surface area contributed by atoms with Gasteiger partial charge in [-0.3, -0.25) is 4.79 Å². The third-order valence-corrected chi connectivity index (χ3v) is 5.65. The van der Waals surface area contributed by atoms with Gasteiger partial charge in [0.15, 0.2) is 0 Å². The van der Waals surface area contributed by atoms with Crippen molar-refractivity contribution in [1.82, 2.24) is 0 Å². The number of anilines is 2. The molecule has 1 aliphatic heterocycles. The number of ether oxygens (including phenoxy) is 1. The first-order valence-corrected chi connectivity index (χ1v) is 9.05. The molecule has 2 aromatic rings. The van der Waals surface area contributed by atoms with E-state index in [9.17, 15) is 9.18 Å². The van der Waals surface area contributed by atoms with E-state index in [0.29, 0.717) is 16.3 Å². The highest BCUT2D eigenvalue weighted by Crippen LogP contribution is 2.53. The summed E-state index contributed by atoms with van der Waals surface area (Å²) in [4.78, 5) is 12.6. The molecule has 1 amide bonds. The fraction of sp³-hybridized carbons (Fsp3) is 0.278. The molecule has 3 N–H and O–H groups in total. The van der Waals surface area contributed by atoms with Crippen molar-refractivity contribution in [3.63, 3.8) is 0 Å². The number of fused-ring (bicyclic) bond motifs is 2. The van der Waals surface area contributed by atoms with Crippen LogP contribution >= 0.6 is 28.6 Å². The molecule has 0 saturated heterocycles. The van der Waals surface area contributed by atoms with Crippen molar-refractivity contribution in [2.24, 2.45) is 0 Å². The predicted molar refractivity (Wildman–Crippen MR) is 103 cm³/mol. The number of methoxy groups -OCH3 is 1. The Labute approximate surface area is 159 Å². The number of carbonyl (C=O) groups excluding carboxylic acids is 1. The Morgan fingerprint density at radius 3 is 2.60 bits per heavy atom. The van der Waals surface area contributed by atoms with Gasteiger partial charge in [-0.2, -0.15) is 0 Å². The third-order valence-electron chi connectivity index (χ3n) is 4.65. The molecule has 2 aromatic carbocycles. The van der Waals surface area contributed by atoms with Gasteiger partial charge in [-0.25, -0.2) is 4.39 Å². The van der Waals surface area contributed by atoms with Crippen LogP contribution in [0.1, 0.15) is 24.8 Å². The van der Waals surface area contributed by atoms with Crippen molar-refractivity contribution in [3.8, 4) is 5.75 Å². The van der Waals surface area contributed by atoms with E-state index in [2.05, 4.69) is 33.9 Å². The maximum absolute atomic E-state index is 12.4. The van der Waals surface area contributed by atoms with Crippen LogP contribution in [0.3, 0.4) is 0 Å². The molecule has 0 aromatic heterocycles. The summed E-state index contributed by atoms with van der Waals surface area (Å²) in [5, 5.41) is 2.94. The van der Waals surface area contributed by atoms with Crippen molar-refractivity contribution in [1.29, 1.82) is 0 Å². The fourth-order valence-electron chi connectivity index (χ4n) is 3.17. The first kappa shape index (κ1) is 18.1. The van der Waals surface area contributed by atoms with Crippen LogP contribution in [0.4, 0.5) is 15.8 Å². The van der Waals surface area contributed by atoms with Gasteiger partial charge in [0.05, 0.1) is 18.2 Å². The maximum atomic E-state index is 12.4. The molecule has 0 unspecified atom stereocenters. The van der Waals surface area contributed by atoms with Crippen LogP contribution in [0.5, 0.6) is 5.75 Å². The zero-order chi connectivity index (χ0) is 18.2. The molecule has 1 fully saturated rings. The molecule has 1 aliphatic carbocycles. The lowest BCUT2D eigenvalue weighted by molar-refractivity contribution is -0.123. The van der Waals surface area contributed by atoms with Gasteiger partial charge in [-0.1, -0.05) is 6.42 Å². The molecule has 0 bridgehead atoms. The summed E-state index contributed by atoms with van der Waals surface area (Å²) in [5.74, 6) is 0.285. The topological polar surface area (TPSA) is 64.3 Å². The van der Waals surface area contributed by atoms with Crippen LogP contribution in [0, 0.1) is 5.82 Å². The summed E-state index contributed by atoms with van der Waals surface area (Å²) < 4.78 is 18.1. The van der Waals surface area contributed by atoms with Crippen LogP contribution in [0.2, 0.25) is 0 Å². The van der Waals surface area contributed by atoms with Crippen LogP contribution in [-0.2, 0) is 10.2 Å². The van der Waals surface area contributed by atoms with Gasteiger partial charge in [0.25, 0.3) is 0 Å². The molecule has 0 radical (unpaired) electrons. The number of benzene rings is 2. The summed E-state index contributed by atoms with van der Waals surface area (Å²) in [6, 6.07) is 7.94. The lowest BCUT2D eigenvalue weighted by Gasteiger charge is -2.36. The molecular weight excluding hydrogens is 407 g/mol. The monoisotopic (exact) mass is 424 g/mol. The van der Waals surface area contributed by atoms with Crippen LogP contribution < -0.4 is 15.8 Å². The third kappa shape index (κ3) is 3.22. The van der Waals surface area contributed by atoms with Crippen LogP contribution in [0.25, 0.3) is 0 Å². The van der Waals surface area contributed by atoms with E-state index in [1.807, 2.05) is 12.1 Å². The van der Waals surface area contributed by atoms with Crippen LogP contribution in [-0.4, -0.2) is 13.0 Å². The molecule has 1 heterocycles. The van der Waals surface area contributed by atoms with Crippen molar-refractivity contribution in [2.45, 2.75) is 29.6 Å². The van der Waals surface area contributed by atoms with Gasteiger partial charge in [0.2, 0.25) is 5.91 Å². The molecule has 132 valence electrons. The van der Waals surface area contributed by atoms with Gasteiger partial charge >= 0.3 is 0 Å². The Hall–Kier alpha value is -1.73. The average Bonchev–Trinajstić information content (AvgIpc) is 2.83. The van der Waals surface area contributed by atoms with Gasteiger partial charge in [0.1, 0.15) is 11.6 Å². The van der Waals surface area contributed by atoms with E-state index in [1.54, 1.807) is 6.07 Å². The molecule has 0 atom stereocenters. The first-order chi connectivity index (χ1) is 11.9. The summed E-state index contributed by atoms with van der Waals surface area (Å²) in [6.45, 7) is 0. The highest BCUT2D eigenvalue weighted by molar-refractivity contribution is 9.10. The largest absolute Gasteiger partial charge is 0.495 e. The molecule has 2 aliphatic rings. The molecule has 4 nitrogen and oxygen atoms in total.